The molecular formula is C16H17ClN2O2. The van der Waals surface area contributed by atoms with Crippen LogP contribution in [0, 0.1) is 10.1 Å². The first-order valence-corrected chi connectivity index (χ1v) is 7.24. The van der Waals surface area contributed by atoms with Gasteiger partial charge in [-0.3, -0.25) is 10.1 Å². The molecule has 110 valence electrons. The lowest BCUT2D eigenvalue weighted by Crippen LogP contribution is -2.10. The van der Waals surface area contributed by atoms with Gasteiger partial charge in [0, 0.05) is 22.8 Å². The Labute approximate surface area is 128 Å². The molecule has 0 heterocycles. The Morgan fingerprint density at radius 1 is 1.24 bits per heavy atom. The molecule has 21 heavy (non-hydrogen) atoms. The second-order valence-electron chi connectivity index (χ2n) is 4.85. The van der Waals surface area contributed by atoms with Gasteiger partial charge in [-0.25, -0.2) is 0 Å². The number of hydrogen-bond acceptors (Lipinski definition) is 3. The molecular weight excluding hydrogens is 288 g/mol. The summed E-state index contributed by atoms with van der Waals surface area (Å²) in [6.45, 7) is 2.09. The Bertz CT molecular complexity index is 631. The molecule has 0 amide bonds. The van der Waals surface area contributed by atoms with Gasteiger partial charge in [0.1, 0.15) is 0 Å². The summed E-state index contributed by atoms with van der Waals surface area (Å²) in [6, 6.07) is 14.3. The molecule has 2 rings (SSSR count). The quantitative estimate of drug-likeness (QED) is 0.589. The van der Waals surface area contributed by atoms with E-state index in [0.29, 0.717) is 5.02 Å². The Balaban J connectivity index is 2.26. The molecule has 0 spiro atoms. The summed E-state index contributed by atoms with van der Waals surface area (Å²) >= 11 is 5.99. The molecule has 0 saturated heterocycles. The zero-order valence-electron chi connectivity index (χ0n) is 11.8. The van der Waals surface area contributed by atoms with E-state index in [2.05, 4.69) is 12.2 Å². The molecule has 1 unspecified atom stereocenters. The summed E-state index contributed by atoms with van der Waals surface area (Å²) in [5.41, 5.74) is 1.93. The van der Waals surface area contributed by atoms with Gasteiger partial charge >= 0.3 is 0 Å². The van der Waals surface area contributed by atoms with Crippen LogP contribution in [-0.2, 0) is 0 Å². The van der Waals surface area contributed by atoms with Gasteiger partial charge in [0.2, 0.25) is 0 Å². The van der Waals surface area contributed by atoms with E-state index in [1.165, 1.54) is 6.07 Å². The fourth-order valence-corrected chi connectivity index (χ4v) is 2.44. The molecule has 0 fully saturated rings. The smallest absolute Gasteiger partial charge is 0.269 e. The Morgan fingerprint density at radius 2 is 2.00 bits per heavy atom. The van der Waals surface area contributed by atoms with Crippen LogP contribution in [0.1, 0.15) is 31.4 Å². The van der Waals surface area contributed by atoms with Gasteiger partial charge in [-0.05, 0) is 30.2 Å². The van der Waals surface area contributed by atoms with Gasteiger partial charge < -0.3 is 5.32 Å². The molecule has 0 bridgehead atoms. The molecule has 0 saturated carbocycles. The average molecular weight is 305 g/mol. The van der Waals surface area contributed by atoms with Gasteiger partial charge in [0.25, 0.3) is 5.69 Å². The maximum Gasteiger partial charge on any atom is 0.269 e. The number of hydrogen-bond donors (Lipinski definition) is 1. The standard InChI is InChI=1S/C16H17ClN2O2/c1-2-5-16(18-14-8-4-7-13(17)11-14)12-6-3-9-15(10-12)19(20)21/h3-4,6-11,16,18H,2,5H2,1H3. The topological polar surface area (TPSA) is 55.2 Å². The largest absolute Gasteiger partial charge is 0.378 e. The lowest BCUT2D eigenvalue weighted by molar-refractivity contribution is -0.384. The Kier molecular flexibility index (Phi) is 5.17. The van der Waals surface area contributed by atoms with Crippen molar-refractivity contribution in [2.24, 2.45) is 0 Å². The maximum absolute atomic E-state index is 10.9. The third-order valence-corrected chi connectivity index (χ3v) is 3.46. The van der Waals surface area contributed by atoms with Crippen LogP contribution in [0.25, 0.3) is 0 Å². The summed E-state index contributed by atoms with van der Waals surface area (Å²) in [6.07, 6.45) is 1.86. The van der Waals surface area contributed by atoms with Crippen molar-refractivity contribution >= 4 is 23.0 Å². The number of nitrogens with one attached hydrogen (secondary N) is 1. The SMILES string of the molecule is CCCC(Nc1cccc(Cl)c1)c1cccc([N+](=O)[O-])c1. The number of nitro benzene ring substituents is 1. The average Bonchev–Trinajstić information content (AvgIpc) is 2.47. The van der Waals surface area contributed by atoms with E-state index >= 15 is 0 Å². The fraction of sp³-hybridized carbons (Fsp3) is 0.250. The van der Waals surface area contributed by atoms with Crippen LogP contribution in [0.5, 0.6) is 0 Å². The van der Waals surface area contributed by atoms with Crippen molar-refractivity contribution in [2.75, 3.05) is 5.32 Å². The van der Waals surface area contributed by atoms with Crippen LogP contribution in [0.15, 0.2) is 48.5 Å². The van der Waals surface area contributed by atoms with Crippen molar-refractivity contribution in [1.82, 2.24) is 0 Å². The second kappa shape index (κ2) is 7.09. The summed E-state index contributed by atoms with van der Waals surface area (Å²) in [5, 5.41) is 15.0. The molecule has 2 aromatic rings. The summed E-state index contributed by atoms with van der Waals surface area (Å²) in [7, 11) is 0. The number of benzene rings is 2. The van der Waals surface area contributed by atoms with Crippen molar-refractivity contribution in [2.45, 2.75) is 25.8 Å². The highest BCUT2D eigenvalue weighted by Gasteiger charge is 2.14. The third kappa shape index (κ3) is 4.20. The molecule has 0 aliphatic rings. The fourth-order valence-electron chi connectivity index (χ4n) is 2.25. The monoisotopic (exact) mass is 304 g/mol. The molecule has 0 radical (unpaired) electrons. The zero-order chi connectivity index (χ0) is 15.2. The van der Waals surface area contributed by atoms with Crippen molar-refractivity contribution in [3.05, 3.63) is 69.2 Å². The predicted molar refractivity (Wildman–Crippen MR) is 85.8 cm³/mol. The molecule has 0 aliphatic carbocycles. The van der Waals surface area contributed by atoms with E-state index in [-0.39, 0.29) is 16.7 Å². The minimum absolute atomic E-state index is 0.0216. The first kappa shape index (κ1) is 15.3. The number of anilines is 1. The van der Waals surface area contributed by atoms with E-state index in [1.807, 2.05) is 30.3 Å². The highest BCUT2D eigenvalue weighted by molar-refractivity contribution is 6.30. The number of non-ortho nitro benzene ring substituents is 1. The van der Waals surface area contributed by atoms with Gasteiger partial charge in [0.05, 0.1) is 11.0 Å². The highest BCUT2D eigenvalue weighted by Crippen LogP contribution is 2.27. The molecule has 2 aromatic carbocycles. The van der Waals surface area contributed by atoms with E-state index in [0.717, 1.165) is 24.1 Å². The summed E-state index contributed by atoms with van der Waals surface area (Å²) in [5.74, 6) is 0. The Morgan fingerprint density at radius 3 is 2.67 bits per heavy atom. The van der Waals surface area contributed by atoms with Crippen molar-refractivity contribution < 1.29 is 4.92 Å². The molecule has 4 nitrogen and oxygen atoms in total. The van der Waals surface area contributed by atoms with E-state index in [9.17, 15) is 10.1 Å². The van der Waals surface area contributed by atoms with Gasteiger partial charge in [-0.1, -0.05) is 43.1 Å². The number of nitro groups is 1. The maximum atomic E-state index is 10.9. The second-order valence-corrected chi connectivity index (χ2v) is 5.28. The van der Waals surface area contributed by atoms with Gasteiger partial charge in [0.15, 0.2) is 0 Å². The molecule has 0 aromatic heterocycles. The van der Waals surface area contributed by atoms with Crippen LogP contribution in [-0.4, -0.2) is 4.92 Å². The summed E-state index contributed by atoms with van der Waals surface area (Å²) < 4.78 is 0. The predicted octanol–water partition coefficient (Wildman–Crippen LogP) is 5.20. The van der Waals surface area contributed by atoms with E-state index in [1.54, 1.807) is 12.1 Å². The highest BCUT2D eigenvalue weighted by atomic mass is 35.5. The van der Waals surface area contributed by atoms with Crippen LogP contribution < -0.4 is 5.32 Å². The van der Waals surface area contributed by atoms with Gasteiger partial charge in [-0.2, -0.15) is 0 Å². The normalized spacial score (nSPS) is 11.9. The Hall–Kier alpha value is -2.07. The lowest BCUT2D eigenvalue weighted by Gasteiger charge is -2.20. The van der Waals surface area contributed by atoms with Crippen molar-refractivity contribution in [3.8, 4) is 0 Å². The molecule has 1 N–H and O–H groups in total. The minimum Gasteiger partial charge on any atom is -0.378 e. The molecule has 5 heteroatoms. The first-order valence-electron chi connectivity index (χ1n) is 6.86. The van der Waals surface area contributed by atoms with Gasteiger partial charge in [-0.15, -0.1) is 0 Å². The van der Waals surface area contributed by atoms with E-state index < -0.39 is 0 Å². The molecule has 0 aliphatic heterocycles. The first-order chi connectivity index (χ1) is 10.1. The van der Waals surface area contributed by atoms with Crippen molar-refractivity contribution in [1.29, 1.82) is 0 Å². The van der Waals surface area contributed by atoms with Crippen molar-refractivity contribution in [3.63, 3.8) is 0 Å². The van der Waals surface area contributed by atoms with Crippen LogP contribution in [0.2, 0.25) is 5.02 Å². The van der Waals surface area contributed by atoms with E-state index in [4.69, 9.17) is 11.6 Å². The minimum atomic E-state index is -0.369. The number of nitrogens with zero attached hydrogens (tertiary/aromatic N) is 1. The third-order valence-electron chi connectivity index (χ3n) is 3.23. The van der Waals surface area contributed by atoms with Crippen LogP contribution in [0.4, 0.5) is 11.4 Å². The number of halogens is 1. The zero-order valence-corrected chi connectivity index (χ0v) is 12.5. The lowest BCUT2D eigenvalue weighted by atomic mass is 10.0. The summed E-state index contributed by atoms with van der Waals surface area (Å²) in [4.78, 5) is 10.5. The van der Waals surface area contributed by atoms with Crippen LogP contribution >= 0.6 is 11.6 Å². The van der Waals surface area contributed by atoms with Crippen LogP contribution in [0.3, 0.4) is 0 Å². The molecule has 1 atom stereocenters. The number of rotatable bonds is 6.